The molecule has 32 heavy (non-hydrogen) atoms. The highest BCUT2D eigenvalue weighted by Gasteiger charge is 2.29. The molecule has 2 aromatic carbocycles. The summed E-state index contributed by atoms with van der Waals surface area (Å²) < 4.78 is 0. The Morgan fingerprint density at radius 2 is 2.00 bits per heavy atom. The van der Waals surface area contributed by atoms with E-state index in [1.54, 1.807) is 0 Å². The maximum atomic E-state index is 9.59. The van der Waals surface area contributed by atoms with Crippen molar-refractivity contribution in [1.82, 2.24) is 0 Å². The van der Waals surface area contributed by atoms with Crippen molar-refractivity contribution < 1.29 is 0 Å². The lowest BCUT2D eigenvalue weighted by atomic mass is 9.73. The highest BCUT2D eigenvalue weighted by Crippen LogP contribution is 2.43. The van der Waals surface area contributed by atoms with Crippen LogP contribution in [0.2, 0.25) is 0 Å². The molecule has 1 saturated carbocycles. The zero-order valence-electron chi connectivity index (χ0n) is 19.3. The van der Waals surface area contributed by atoms with Gasteiger partial charge in [-0.1, -0.05) is 64.2 Å². The molecule has 0 amide bonds. The fourth-order valence-corrected chi connectivity index (χ4v) is 6.00. The molecule has 5 rings (SSSR count). The van der Waals surface area contributed by atoms with Crippen LogP contribution in [0.4, 0.5) is 11.4 Å². The Hall–Kier alpha value is -2.86. The van der Waals surface area contributed by atoms with Gasteiger partial charge >= 0.3 is 0 Å². The zero-order chi connectivity index (χ0) is 22.1. The number of rotatable bonds is 4. The first kappa shape index (κ1) is 21.0. The van der Waals surface area contributed by atoms with E-state index in [0.29, 0.717) is 23.3 Å². The van der Waals surface area contributed by atoms with E-state index in [1.165, 1.54) is 43.2 Å². The predicted octanol–water partition coefficient (Wildman–Crippen LogP) is 7.75. The molecule has 3 aliphatic rings. The van der Waals surface area contributed by atoms with Gasteiger partial charge < -0.3 is 5.32 Å². The van der Waals surface area contributed by atoms with E-state index in [4.69, 9.17) is 4.99 Å². The number of anilines is 1. The minimum atomic E-state index is 0.356. The average Bonchev–Trinajstić information content (AvgIpc) is 2.87. The summed E-state index contributed by atoms with van der Waals surface area (Å²) in [4.78, 5) is 4.95. The number of nitrogens with one attached hydrogen (secondary N) is 1. The molecule has 1 aliphatic carbocycles. The Morgan fingerprint density at radius 1 is 1.16 bits per heavy atom. The lowest BCUT2D eigenvalue weighted by Crippen LogP contribution is -2.26. The summed E-state index contributed by atoms with van der Waals surface area (Å²) in [5, 5.41) is 13.0. The molecule has 3 heteroatoms. The van der Waals surface area contributed by atoms with Crippen molar-refractivity contribution in [3.63, 3.8) is 0 Å². The number of allylic oxidation sites excluding steroid dienone is 1. The van der Waals surface area contributed by atoms with Crippen LogP contribution in [0.3, 0.4) is 0 Å². The first-order chi connectivity index (χ1) is 15.7. The smallest absolute Gasteiger partial charge is 0.0992 e. The van der Waals surface area contributed by atoms with Crippen molar-refractivity contribution >= 4 is 17.6 Å². The maximum absolute atomic E-state index is 9.59. The van der Waals surface area contributed by atoms with Gasteiger partial charge in [-0.3, -0.25) is 4.99 Å². The van der Waals surface area contributed by atoms with Crippen molar-refractivity contribution in [3.05, 3.63) is 59.3 Å². The molecule has 1 fully saturated rings. The van der Waals surface area contributed by atoms with E-state index in [9.17, 15) is 5.26 Å². The van der Waals surface area contributed by atoms with E-state index in [1.807, 2.05) is 18.3 Å². The molecule has 3 atom stereocenters. The van der Waals surface area contributed by atoms with Crippen molar-refractivity contribution in [1.29, 1.82) is 5.26 Å². The summed E-state index contributed by atoms with van der Waals surface area (Å²) in [6.45, 7) is 4.66. The minimum Gasteiger partial charge on any atom is -0.362 e. The van der Waals surface area contributed by atoms with Gasteiger partial charge in [0.15, 0.2) is 0 Å². The summed E-state index contributed by atoms with van der Waals surface area (Å²) in [6, 6.07) is 13.1. The third kappa shape index (κ3) is 3.88. The average molecular weight is 424 g/mol. The van der Waals surface area contributed by atoms with Gasteiger partial charge in [-0.25, -0.2) is 0 Å². The van der Waals surface area contributed by atoms with Gasteiger partial charge in [-0.15, -0.1) is 0 Å². The van der Waals surface area contributed by atoms with E-state index < -0.39 is 0 Å². The van der Waals surface area contributed by atoms with Gasteiger partial charge in [0.25, 0.3) is 0 Å². The number of hydrogen-bond acceptors (Lipinski definition) is 3. The third-order valence-corrected chi connectivity index (χ3v) is 8.01. The van der Waals surface area contributed by atoms with Crippen LogP contribution < -0.4 is 5.32 Å². The fraction of sp³-hybridized carbons (Fsp3) is 0.448. The van der Waals surface area contributed by atoms with Crippen LogP contribution >= 0.6 is 0 Å². The molecule has 0 radical (unpaired) electrons. The van der Waals surface area contributed by atoms with Crippen molar-refractivity contribution in [3.8, 4) is 17.2 Å². The molecule has 0 spiro atoms. The zero-order valence-corrected chi connectivity index (χ0v) is 19.3. The second kappa shape index (κ2) is 8.94. The number of benzene rings is 2. The van der Waals surface area contributed by atoms with Crippen LogP contribution in [0.25, 0.3) is 11.1 Å². The highest BCUT2D eigenvalue weighted by atomic mass is 14.9. The number of nitrogens with zero attached hydrogens (tertiary/aromatic N) is 2. The van der Waals surface area contributed by atoms with Gasteiger partial charge in [-0.05, 0) is 71.3 Å². The Balaban J connectivity index is 1.47. The van der Waals surface area contributed by atoms with Crippen LogP contribution in [-0.4, -0.2) is 6.21 Å². The quantitative estimate of drug-likeness (QED) is 0.546. The number of nitriles is 1. The SMILES string of the molecule is CCC1C=CNc2cc(C#N)cc(-c3ccc4c(c3)N=CC(C(C)C3CCCCC3)C4)c21. The molecule has 0 saturated heterocycles. The maximum Gasteiger partial charge on any atom is 0.0992 e. The summed E-state index contributed by atoms with van der Waals surface area (Å²) in [5.41, 5.74) is 7.80. The Labute approximate surface area is 192 Å². The van der Waals surface area contributed by atoms with Crippen LogP contribution in [0.15, 0.2) is 47.6 Å². The monoisotopic (exact) mass is 423 g/mol. The molecular formula is C29H33N3. The van der Waals surface area contributed by atoms with Gasteiger partial charge in [0.2, 0.25) is 0 Å². The van der Waals surface area contributed by atoms with Crippen LogP contribution in [0.1, 0.15) is 75.0 Å². The largest absolute Gasteiger partial charge is 0.362 e. The highest BCUT2D eigenvalue weighted by molar-refractivity contribution is 5.82. The molecule has 2 heterocycles. The summed E-state index contributed by atoms with van der Waals surface area (Å²) in [7, 11) is 0. The van der Waals surface area contributed by atoms with E-state index >= 15 is 0 Å². The van der Waals surface area contributed by atoms with Gasteiger partial charge in [0.05, 0.1) is 17.3 Å². The summed E-state index contributed by atoms with van der Waals surface area (Å²) in [6.07, 6.45) is 15.6. The molecule has 0 aromatic heterocycles. The first-order valence-corrected chi connectivity index (χ1v) is 12.4. The summed E-state index contributed by atoms with van der Waals surface area (Å²) in [5.74, 6) is 2.46. The fourth-order valence-electron chi connectivity index (χ4n) is 6.00. The molecule has 3 unspecified atom stereocenters. The lowest BCUT2D eigenvalue weighted by molar-refractivity contribution is 0.228. The molecule has 2 aliphatic heterocycles. The Bertz CT molecular complexity index is 1100. The predicted molar refractivity (Wildman–Crippen MR) is 133 cm³/mol. The molecular weight excluding hydrogens is 390 g/mol. The first-order valence-electron chi connectivity index (χ1n) is 12.4. The van der Waals surface area contributed by atoms with Crippen molar-refractivity contribution in [2.75, 3.05) is 5.32 Å². The Kier molecular flexibility index (Phi) is 5.87. The number of fused-ring (bicyclic) bond motifs is 2. The number of hydrogen-bond donors (Lipinski definition) is 1. The van der Waals surface area contributed by atoms with Crippen LogP contribution in [0, 0.1) is 29.1 Å². The molecule has 164 valence electrons. The topological polar surface area (TPSA) is 48.2 Å². The van der Waals surface area contributed by atoms with Crippen LogP contribution in [0.5, 0.6) is 0 Å². The molecule has 2 aromatic rings. The summed E-state index contributed by atoms with van der Waals surface area (Å²) >= 11 is 0. The van der Waals surface area contributed by atoms with Crippen molar-refractivity contribution in [2.24, 2.45) is 22.7 Å². The number of aliphatic imine (C=N–C) groups is 1. The van der Waals surface area contributed by atoms with Gasteiger partial charge in [0, 0.05) is 23.7 Å². The van der Waals surface area contributed by atoms with Crippen LogP contribution in [-0.2, 0) is 6.42 Å². The third-order valence-electron chi connectivity index (χ3n) is 8.01. The standard InChI is InChI=1S/C29H33N3/c1-3-21-11-12-31-28-14-20(17-30)13-26(29(21)28)23-9-10-24-15-25(18-32-27(24)16-23)19(2)22-7-5-4-6-8-22/h9-14,16,18-19,21-22,25,31H,3-8,15H2,1-2H3. The molecule has 1 N–H and O–H groups in total. The molecule has 3 nitrogen and oxygen atoms in total. The molecule has 0 bridgehead atoms. The van der Waals surface area contributed by atoms with Gasteiger partial charge in [-0.2, -0.15) is 5.26 Å². The van der Waals surface area contributed by atoms with E-state index in [-0.39, 0.29) is 0 Å². The van der Waals surface area contributed by atoms with Crippen molar-refractivity contribution in [2.45, 2.75) is 64.7 Å². The van der Waals surface area contributed by atoms with E-state index in [0.717, 1.165) is 41.3 Å². The second-order valence-corrected chi connectivity index (χ2v) is 9.86. The second-order valence-electron chi connectivity index (χ2n) is 9.86. The van der Waals surface area contributed by atoms with Gasteiger partial charge in [0.1, 0.15) is 0 Å². The minimum absolute atomic E-state index is 0.356. The Morgan fingerprint density at radius 3 is 2.78 bits per heavy atom. The normalized spacial score (nSPS) is 23.0. The van der Waals surface area contributed by atoms with E-state index in [2.05, 4.69) is 55.7 Å². The lowest BCUT2D eigenvalue weighted by Gasteiger charge is -2.33.